The number of nitrogens with zero attached hydrogens (tertiary/aromatic N) is 3. The van der Waals surface area contributed by atoms with Crippen LogP contribution in [-0.4, -0.2) is 20.6 Å². The molecule has 0 unspecified atom stereocenters. The van der Waals surface area contributed by atoms with E-state index in [0.717, 1.165) is 5.56 Å². The Kier molecular flexibility index (Phi) is 2.88. The summed E-state index contributed by atoms with van der Waals surface area (Å²) in [7, 11) is 0. The maximum Gasteiger partial charge on any atom is 0.126 e. The number of pyridine rings is 1. The zero-order valence-electron chi connectivity index (χ0n) is 9.09. The lowest BCUT2D eigenvalue weighted by molar-refractivity contribution is 0.718. The summed E-state index contributed by atoms with van der Waals surface area (Å²) in [5.74, 6) is 2.45. The van der Waals surface area contributed by atoms with Crippen molar-refractivity contribution >= 4 is 5.84 Å². The van der Waals surface area contributed by atoms with Gasteiger partial charge in [0.15, 0.2) is 0 Å². The molecule has 0 aliphatic carbocycles. The molecule has 3 N–H and O–H groups in total. The quantitative estimate of drug-likeness (QED) is 0.462. The van der Waals surface area contributed by atoms with Crippen molar-refractivity contribution in [2.45, 2.75) is 6.54 Å². The summed E-state index contributed by atoms with van der Waals surface area (Å²) in [5.41, 5.74) is 7.52. The van der Waals surface area contributed by atoms with Crippen molar-refractivity contribution in [2.75, 3.05) is 0 Å². The molecule has 2 aromatic heterocycles. The Bertz CT molecular complexity index is 577. The van der Waals surface area contributed by atoms with Gasteiger partial charge in [0, 0.05) is 24.2 Å². The molecule has 0 aliphatic heterocycles. The predicted octanol–water partition coefficient (Wildman–Crippen LogP) is 0.862. The molecule has 0 aliphatic rings. The summed E-state index contributed by atoms with van der Waals surface area (Å²) in [4.78, 5) is 4.02. The lowest BCUT2D eigenvalue weighted by atomic mass is 10.1. The molecule has 0 saturated carbocycles. The summed E-state index contributed by atoms with van der Waals surface area (Å²) >= 11 is 0. The van der Waals surface area contributed by atoms with Gasteiger partial charge in [-0.1, -0.05) is 5.92 Å². The number of hydrogen-bond acceptors (Lipinski definition) is 3. The van der Waals surface area contributed by atoms with Crippen LogP contribution in [0.2, 0.25) is 0 Å². The van der Waals surface area contributed by atoms with Gasteiger partial charge < -0.3 is 5.73 Å². The Morgan fingerprint density at radius 2 is 2.41 bits per heavy atom. The molecule has 84 valence electrons. The second kappa shape index (κ2) is 4.49. The van der Waals surface area contributed by atoms with Crippen LogP contribution in [0.4, 0.5) is 0 Å². The molecular weight excluding hydrogens is 214 g/mol. The average Bonchev–Trinajstić information content (AvgIpc) is 2.75. The Labute approximate surface area is 98.8 Å². The van der Waals surface area contributed by atoms with Gasteiger partial charge in [0.2, 0.25) is 0 Å². The first-order chi connectivity index (χ1) is 8.22. The van der Waals surface area contributed by atoms with Crippen molar-refractivity contribution < 1.29 is 0 Å². The number of hydrogen-bond donors (Lipinski definition) is 2. The zero-order valence-corrected chi connectivity index (χ0v) is 9.09. The number of nitrogens with two attached hydrogens (primary N) is 1. The molecule has 0 bridgehead atoms. The number of amidine groups is 1. The third kappa shape index (κ3) is 2.16. The molecule has 2 aromatic rings. The van der Waals surface area contributed by atoms with E-state index < -0.39 is 0 Å². The Balaban J connectivity index is 2.53. The molecule has 0 atom stereocenters. The van der Waals surface area contributed by atoms with Crippen LogP contribution in [-0.2, 0) is 6.54 Å². The molecule has 17 heavy (non-hydrogen) atoms. The summed E-state index contributed by atoms with van der Waals surface area (Å²) in [6.07, 6.45) is 10.2. The maximum atomic E-state index is 7.52. The monoisotopic (exact) mass is 225 g/mol. The van der Waals surface area contributed by atoms with Crippen molar-refractivity contribution in [1.29, 1.82) is 5.41 Å². The fraction of sp³-hybridized carbons (Fsp3) is 0.0833. The van der Waals surface area contributed by atoms with Crippen molar-refractivity contribution in [3.63, 3.8) is 0 Å². The van der Waals surface area contributed by atoms with E-state index in [1.165, 1.54) is 0 Å². The van der Waals surface area contributed by atoms with Crippen LogP contribution < -0.4 is 5.73 Å². The van der Waals surface area contributed by atoms with Crippen molar-refractivity contribution in [3.8, 4) is 23.6 Å². The van der Waals surface area contributed by atoms with Crippen molar-refractivity contribution in [1.82, 2.24) is 14.8 Å². The lowest BCUT2D eigenvalue weighted by Gasteiger charge is -1.98. The van der Waals surface area contributed by atoms with Gasteiger partial charge in [0.05, 0.1) is 5.56 Å². The highest BCUT2D eigenvalue weighted by atomic mass is 15.3. The number of nitrogens with one attached hydrogen (secondary N) is 1. The highest BCUT2D eigenvalue weighted by molar-refractivity contribution is 6.00. The first-order valence-electron chi connectivity index (χ1n) is 4.98. The van der Waals surface area contributed by atoms with E-state index in [1.807, 2.05) is 6.07 Å². The van der Waals surface area contributed by atoms with Gasteiger partial charge in [0.25, 0.3) is 0 Å². The van der Waals surface area contributed by atoms with Gasteiger partial charge >= 0.3 is 0 Å². The molecule has 2 rings (SSSR count). The third-order valence-electron chi connectivity index (χ3n) is 2.24. The van der Waals surface area contributed by atoms with E-state index in [4.69, 9.17) is 17.6 Å². The average molecular weight is 225 g/mol. The molecule has 0 amide bonds. The van der Waals surface area contributed by atoms with Gasteiger partial charge in [-0.3, -0.25) is 15.1 Å². The van der Waals surface area contributed by atoms with Crippen molar-refractivity contribution in [3.05, 3.63) is 36.3 Å². The summed E-state index contributed by atoms with van der Waals surface area (Å²) in [5, 5.41) is 11.8. The Morgan fingerprint density at radius 3 is 3.00 bits per heavy atom. The first kappa shape index (κ1) is 10.9. The smallest absolute Gasteiger partial charge is 0.126 e. The van der Waals surface area contributed by atoms with Crippen LogP contribution in [0, 0.1) is 17.8 Å². The van der Waals surface area contributed by atoms with E-state index >= 15 is 0 Å². The Hall–Kier alpha value is -2.61. The lowest BCUT2D eigenvalue weighted by Crippen LogP contribution is -2.11. The van der Waals surface area contributed by atoms with Crippen LogP contribution in [0.15, 0.2) is 30.7 Å². The zero-order chi connectivity index (χ0) is 12.3. The summed E-state index contributed by atoms with van der Waals surface area (Å²) < 4.78 is 1.58. The third-order valence-corrected chi connectivity index (χ3v) is 2.24. The van der Waals surface area contributed by atoms with Crippen LogP contribution >= 0.6 is 0 Å². The normalized spacial score (nSPS) is 9.82. The summed E-state index contributed by atoms with van der Waals surface area (Å²) in [6, 6.07) is 3.67. The number of nitrogen functional groups attached to an aromatic ring is 1. The topological polar surface area (TPSA) is 80.6 Å². The molecular formula is C12H11N5. The largest absolute Gasteiger partial charge is 0.384 e. The fourth-order valence-corrected chi connectivity index (χ4v) is 1.51. The molecule has 0 spiro atoms. The fourth-order valence-electron chi connectivity index (χ4n) is 1.51. The van der Waals surface area contributed by atoms with Crippen molar-refractivity contribution in [2.24, 2.45) is 5.73 Å². The minimum atomic E-state index is -0.0351. The molecule has 0 aromatic carbocycles. The molecule has 5 nitrogen and oxygen atoms in total. The van der Waals surface area contributed by atoms with Gasteiger partial charge in [-0.15, -0.1) is 6.42 Å². The van der Waals surface area contributed by atoms with Crippen LogP contribution in [0.25, 0.3) is 11.3 Å². The number of rotatable bonds is 3. The summed E-state index contributed by atoms with van der Waals surface area (Å²) in [6.45, 7) is 0.348. The van der Waals surface area contributed by atoms with Crippen LogP contribution in [0.1, 0.15) is 5.56 Å². The van der Waals surface area contributed by atoms with Gasteiger partial charge in [-0.25, -0.2) is 0 Å². The second-order valence-corrected chi connectivity index (χ2v) is 3.45. The van der Waals surface area contributed by atoms with Crippen LogP contribution in [0.5, 0.6) is 0 Å². The standard InChI is InChI=1S/C12H11N5/c1-2-6-17-8-10(12(13)14)11(16-17)9-4-3-5-15-7-9/h1,3-5,7-8H,6H2,(H3,13,14). The number of aromatic nitrogens is 3. The molecule has 5 heteroatoms. The second-order valence-electron chi connectivity index (χ2n) is 3.45. The first-order valence-corrected chi connectivity index (χ1v) is 4.98. The maximum absolute atomic E-state index is 7.52. The minimum Gasteiger partial charge on any atom is -0.384 e. The minimum absolute atomic E-state index is 0.0351. The molecule has 0 fully saturated rings. The highest BCUT2D eigenvalue weighted by Gasteiger charge is 2.13. The SMILES string of the molecule is C#CCn1cc(C(=N)N)c(-c2cccnc2)n1. The van der Waals surface area contributed by atoms with Gasteiger partial charge in [-0.2, -0.15) is 5.10 Å². The highest BCUT2D eigenvalue weighted by Crippen LogP contribution is 2.20. The predicted molar refractivity (Wildman–Crippen MR) is 65.3 cm³/mol. The molecule has 0 saturated heterocycles. The number of terminal acetylenes is 1. The van der Waals surface area contributed by atoms with Gasteiger partial charge in [0.1, 0.15) is 18.1 Å². The Morgan fingerprint density at radius 1 is 1.59 bits per heavy atom. The van der Waals surface area contributed by atoms with E-state index in [2.05, 4.69) is 16.0 Å². The van der Waals surface area contributed by atoms with E-state index in [9.17, 15) is 0 Å². The molecule has 2 heterocycles. The van der Waals surface area contributed by atoms with E-state index in [1.54, 1.807) is 29.3 Å². The van der Waals surface area contributed by atoms with Crippen LogP contribution in [0.3, 0.4) is 0 Å². The van der Waals surface area contributed by atoms with Gasteiger partial charge in [-0.05, 0) is 12.1 Å². The van der Waals surface area contributed by atoms with E-state index in [0.29, 0.717) is 17.8 Å². The molecule has 0 radical (unpaired) electrons. The van der Waals surface area contributed by atoms with E-state index in [-0.39, 0.29) is 5.84 Å².